The first-order chi connectivity index (χ1) is 12.4. The molecule has 144 valence electrons. The Labute approximate surface area is 153 Å². The van der Waals surface area contributed by atoms with Crippen molar-refractivity contribution >= 4 is 21.8 Å². The van der Waals surface area contributed by atoms with Gasteiger partial charge < -0.3 is 15.4 Å². The fourth-order valence-electron chi connectivity index (χ4n) is 2.82. The van der Waals surface area contributed by atoms with Crippen LogP contribution in [-0.2, 0) is 19.6 Å². The van der Waals surface area contributed by atoms with E-state index in [1.807, 2.05) is 6.92 Å². The monoisotopic (exact) mass is 383 g/mol. The number of benzene rings is 1. The van der Waals surface area contributed by atoms with Crippen LogP contribution in [0.3, 0.4) is 0 Å². The van der Waals surface area contributed by atoms with Gasteiger partial charge in [0, 0.05) is 25.7 Å². The zero-order chi connectivity index (χ0) is 19.2. The van der Waals surface area contributed by atoms with Crippen LogP contribution < -0.4 is 15.4 Å². The van der Waals surface area contributed by atoms with Gasteiger partial charge in [-0.2, -0.15) is 4.31 Å². The van der Waals surface area contributed by atoms with Gasteiger partial charge in [0.05, 0.1) is 12.0 Å². The summed E-state index contributed by atoms with van der Waals surface area (Å²) in [7, 11) is -2.16. The number of nitrogens with zero attached hydrogens (tertiary/aromatic N) is 1. The highest BCUT2D eigenvalue weighted by Gasteiger charge is 2.35. The van der Waals surface area contributed by atoms with E-state index in [2.05, 4.69) is 10.6 Å². The summed E-state index contributed by atoms with van der Waals surface area (Å²) in [6, 6.07) is 5.82. The lowest BCUT2D eigenvalue weighted by Gasteiger charge is -2.24. The van der Waals surface area contributed by atoms with Gasteiger partial charge in [-0.05, 0) is 43.5 Å². The predicted molar refractivity (Wildman–Crippen MR) is 96.2 cm³/mol. The minimum Gasteiger partial charge on any atom is -0.497 e. The van der Waals surface area contributed by atoms with E-state index in [0.29, 0.717) is 31.7 Å². The number of hydrogen-bond acceptors (Lipinski definition) is 5. The molecule has 0 bridgehead atoms. The van der Waals surface area contributed by atoms with E-state index in [9.17, 15) is 18.0 Å². The van der Waals surface area contributed by atoms with Gasteiger partial charge in [0.2, 0.25) is 10.0 Å². The Morgan fingerprint density at radius 3 is 2.46 bits per heavy atom. The van der Waals surface area contributed by atoms with Crippen LogP contribution >= 0.6 is 0 Å². The fourth-order valence-corrected chi connectivity index (χ4v) is 4.52. The van der Waals surface area contributed by atoms with Crippen LogP contribution in [0.15, 0.2) is 29.2 Å². The summed E-state index contributed by atoms with van der Waals surface area (Å²) < 4.78 is 32.2. The van der Waals surface area contributed by atoms with Crippen LogP contribution in [0.1, 0.15) is 26.2 Å². The SMILES string of the molecule is CCCNC(=O)C(=O)NCC1CCCN1S(=O)(=O)c1ccc(OC)cc1. The molecule has 0 aromatic heterocycles. The van der Waals surface area contributed by atoms with E-state index in [4.69, 9.17) is 4.74 Å². The predicted octanol–water partition coefficient (Wildman–Crippen LogP) is 0.491. The van der Waals surface area contributed by atoms with Gasteiger partial charge in [-0.3, -0.25) is 9.59 Å². The molecule has 0 aliphatic carbocycles. The van der Waals surface area contributed by atoms with Crippen molar-refractivity contribution in [2.45, 2.75) is 37.1 Å². The smallest absolute Gasteiger partial charge is 0.309 e. The van der Waals surface area contributed by atoms with Gasteiger partial charge in [0.15, 0.2) is 0 Å². The molecule has 9 heteroatoms. The first kappa shape index (κ1) is 20.2. The number of methoxy groups -OCH3 is 1. The first-order valence-electron chi connectivity index (χ1n) is 8.62. The number of carbonyl (C=O) groups is 2. The highest BCUT2D eigenvalue weighted by Crippen LogP contribution is 2.26. The zero-order valence-electron chi connectivity index (χ0n) is 15.0. The van der Waals surface area contributed by atoms with Crippen LogP contribution in [0.2, 0.25) is 0 Å². The first-order valence-corrected chi connectivity index (χ1v) is 10.1. The molecule has 26 heavy (non-hydrogen) atoms. The maximum atomic E-state index is 12.9. The molecule has 1 aromatic carbocycles. The fraction of sp³-hybridized carbons (Fsp3) is 0.529. The topological polar surface area (TPSA) is 105 Å². The highest BCUT2D eigenvalue weighted by molar-refractivity contribution is 7.89. The molecule has 1 atom stereocenters. The third kappa shape index (κ3) is 4.73. The summed E-state index contributed by atoms with van der Waals surface area (Å²) in [4.78, 5) is 23.6. The normalized spacial score (nSPS) is 17.7. The standard InChI is InChI=1S/C17H25N3O5S/c1-3-10-18-16(21)17(22)19-12-13-5-4-11-20(13)26(23,24)15-8-6-14(25-2)7-9-15/h6-9,13H,3-5,10-12H2,1-2H3,(H,18,21)(H,19,22). The Kier molecular flexibility index (Phi) is 6.98. The minimum absolute atomic E-state index is 0.105. The molecule has 1 aliphatic heterocycles. The van der Waals surface area contributed by atoms with Gasteiger partial charge >= 0.3 is 11.8 Å². The van der Waals surface area contributed by atoms with Crippen molar-refractivity contribution in [1.82, 2.24) is 14.9 Å². The largest absolute Gasteiger partial charge is 0.497 e. The van der Waals surface area contributed by atoms with E-state index in [0.717, 1.165) is 6.42 Å². The van der Waals surface area contributed by atoms with E-state index in [1.54, 1.807) is 12.1 Å². The van der Waals surface area contributed by atoms with E-state index in [1.165, 1.54) is 23.5 Å². The van der Waals surface area contributed by atoms with E-state index < -0.39 is 21.8 Å². The lowest BCUT2D eigenvalue weighted by Crippen LogP contribution is -2.47. The molecule has 1 unspecified atom stereocenters. The molecule has 1 fully saturated rings. The second-order valence-electron chi connectivity index (χ2n) is 6.05. The van der Waals surface area contributed by atoms with Crippen molar-refractivity contribution in [3.63, 3.8) is 0 Å². The Morgan fingerprint density at radius 2 is 1.85 bits per heavy atom. The van der Waals surface area contributed by atoms with Crippen molar-refractivity contribution in [3.8, 4) is 5.75 Å². The summed E-state index contributed by atoms with van der Waals surface area (Å²) in [6.07, 6.45) is 2.07. The average molecular weight is 383 g/mol. The molecule has 2 rings (SSSR count). The number of carbonyl (C=O) groups excluding carboxylic acids is 2. The molecule has 1 aliphatic rings. The molecule has 0 saturated carbocycles. The Morgan fingerprint density at radius 1 is 1.19 bits per heavy atom. The molecule has 2 N–H and O–H groups in total. The van der Waals surface area contributed by atoms with Crippen LogP contribution in [0, 0.1) is 0 Å². The highest BCUT2D eigenvalue weighted by atomic mass is 32.2. The number of amides is 2. The van der Waals surface area contributed by atoms with Crippen LogP contribution in [0.4, 0.5) is 0 Å². The number of ether oxygens (including phenoxy) is 1. The van der Waals surface area contributed by atoms with Crippen molar-refractivity contribution in [3.05, 3.63) is 24.3 Å². The third-order valence-corrected chi connectivity index (χ3v) is 6.20. The maximum absolute atomic E-state index is 12.9. The molecule has 1 aromatic rings. The number of nitrogens with one attached hydrogen (secondary N) is 2. The maximum Gasteiger partial charge on any atom is 0.309 e. The zero-order valence-corrected chi connectivity index (χ0v) is 15.8. The van der Waals surface area contributed by atoms with Gasteiger partial charge in [-0.15, -0.1) is 0 Å². The summed E-state index contributed by atoms with van der Waals surface area (Å²) in [5.41, 5.74) is 0. The number of sulfonamides is 1. The second kappa shape index (κ2) is 9.00. The van der Waals surface area contributed by atoms with Crippen LogP contribution in [-0.4, -0.2) is 57.3 Å². The molecule has 0 radical (unpaired) electrons. The Bertz CT molecular complexity index is 733. The summed E-state index contributed by atoms with van der Waals surface area (Å²) >= 11 is 0. The van der Waals surface area contributed by atoms with Crippen LogP contribution in [0.25, 0.3) is 0 Å². The molecular weight excluding hydrogens is 358 g/mol. The lowest BCUT2D eigenvalue weighted by atomic mass is 10.2. The van der Waals surface area contributed by atoms with Crippen molar-refractivity contribution in [2.75, 3.05) is 26.7 Å². The average Bonchev–Trinajstić information content (AvgIpc) is 3.13. The summed E-state index contributed by atoms with van der Waals surface area (Å²) in [5, 5.41) is 5.02. The quantitative estimate of drug-likeness (QED) is 0.667. The molecule has 2 amide bonds. The van der Waals surface area contributed by atoms with Crippen molar-refractivity contribution < 1.29 is 22.7 Å². The van der Waals surface area contributed by atoms with Crippen molar-refractivity contribution in [2.24, 2.45) is 0 Å². The molecule has 1 heterocycles. The van der Waals surface area contributed by atoms with Gasteiger partial charge in [-0.1, -0.05) is 6.92 Å². The molecule has 0 spiro atoms. The van der Waals surface area contributed by atoms with E-state index >= 15 is 0 Å². The molecule has 1 saturated heterocycles. The number of hydrogen-bond donors (Lipinski definition) is 2. The van der Waals surface area contributed by atoms with Gasteiger partial charge in [0.1, 0.15) is 5.75 Å². The molecular formula is C17H25N3O5S. The second-order valence-corrected chi connectivity index (χ2v) is 7.94. The van der Waals surface area contributed by atoms with E-state index in [-0.39, 0.29) is 17.5 Å². The molecule has 8 nitrogen and oxygen atoms in total. The number of rotatable bonds is 7. The summed E-state index contributed by atoms with van der Waals surface area (Å²) in [6.45, 7) is 2.80. The van der Waals surface area contributed by atoms with Gasteiger partial charge in [0.25, 0.3) is 0 Å². The Hall–Kier alpha value is -2.13. The summed E-state index contributed by atoms with van der Waals surface area (Å²) in [5.74, 6) is -0.867. The van der Waals surface area contributed by atoms with Crippen LogP contribution in [0.5, 0.6) is 5.75 Å². The van der Waals surface area contributed by atoms with Gasteiger partial charge in [-0.25, -0.2) is 8.42 Å². The minimum atomic E-state index is -3.67. The third-order valence-electron chi connectivity index (χ3n) is 4.23. The Balaban J connectivity index is 2.02. The van der Waals surface area contributed by atoms with Crippen molar-refractivity contribution in [1.29, 1.82) is 0 Å². The lowest BCUT2D eigenvalue weighted by molar-refractivity contribution is -0.139.